The van der Waals surface area contributed by atoms with E-state index in [0.717, 1.165) is 0 Å². The SMILES string of the molecule is CC(COC(=S)S)NS(=O)(=O)COC(C)C. The van der Waals surface area contributed by atoms with Gasteiger partial charge in [0.1, 0.15) is 6.61 Å². The van der Waals surface area contributed by atoms with E-state index in [4.69, 9.17) is 9.47 Å². The standard InChI is InChI=1S/C8H17NO4S3/c1-6(2)13-5-16(10,11)9-7(3)4-12-8(14)15/h6-7,9H,4-5H2,1-3H3,(H,14,15). The zero-order valence-corrected chi connectivity index (χ0v) is 12.0. The van der Waals surface area contributed by atoms with Crippen LogP contribution in [-0.2, 0) is 19.5 Å². The Kier molecular flexibility index (Phi) is 7.49. The number of thiocarbonyl (C=S) groups is 1. The van der Waals surface area contributed by atoms with Crippen molar-refractivity contribution in [3.63, 3.8) is 0 Å². The van der Waals surface area contributed by atoms with Gasteiger partial charge in [-0.15, -0.1) is 0 Å². The van der Waals surface area contributed by atoms with Crippen molar-refractivity contribution in [1.82, 2.24) is 4.72 Å². The monoisotopic (exact) mass is 287 g/mol. The van der Waals surface area contributed by atoms with Gasteiger partial charge in [-0.2, -0.15) is 0 Å². The summed E-state index contributed by atoms with van der Waals surface area (Å²) in [6.45, 7) is 5.34. The Labute approximate surface area is 107 Å². The molecular weight excluding hydrogens is 270 g/mol. The van der Waals surface area contributed by atoms with Gasteiger partial charge < -0.3 is 9.47 Å². The summed E-state index contributed by atoms with van der Waals surface area (Å²) in [6.07, 6.45) is -0.131. The topological polar surface area (TPSA) is 64.6 Å². The van der Waals surface area contributed by atoms with E-state index in [1.165, 1.54) is 0 Å². The second-order valence-corrected chi connectivity index (χ2v) is 6.32. The summed E-state index contributed by atoms with van der Waals surface area (Å²) < 4.78 is 35.3. The van der Waals surface area contributed by atoms with Crippen molar-refractivity contribution in [3.8, 4) is 0 Å². The predicted octanol–water partition coefficient (Wildman–Crippen LogP) is 0.908. The van der Waals surface area contributed by atoms with Gasteiger partial charge in [0.25, 0.3) is 0 Å². The van der Waals surface area contributed by atoms with Gasteiger partial charge in [0.15, 0.2) is 5.94 Å². The molecule has 0 aromatic heterocycles. The maximum atomic E-state index is 11.4. The van der Waals surface area contributed by atoms with E-state index < -0.39 is 10.0 Å². The van der Waals surface area contributed by atoms with Gasteiger partial charge in [0.2, 0.25) is 14.4 Å². The van der Waals surface area contributed by atoms with E-state index in [1.807, 2.05) is 0 Å². The quantitative estimate of drug-likeness (QED) is 0.538. The molecule has 0 aromatic carbocycles. The average molecular weight is 287 g/mol. The minimum atomic E-state index is -3.44. The van der Waals surface area contributed by atoms with Crippen LogP contribution in [0.4, 0.5) is 0 Å². The molecule has 0 radical (unpaired) electrons. The molecular formula is C8H17NO4S3. The summed E-state index contributed by atoms with van der Waals surface area (Å²) in [5.41, 5.74) is 0. The van der Waals surface area contributed by atoms with Crippen molar-refractivity contribution in [3.05, 3.63) is 0 Å². The Morgan fingerprint density at radius 2 is 2.00 bits per heavy atom. The highest BCUT2D eigenvalue weighted by atomic mass is 32.2. The van der Waals surface area contributed by atoms with Crippen LogP contribution in [0.1, 0.15) is 20.8 Å². The molecule has 1 atom stereocenters. The molecule has 96 valence electrons. The van der Waals surface area contributed by atoms with Crippen molar-refractivity contribution >= 4 is 39.3 Å². The first-order valence-corrected chi connectivity index (χ1v) is 7.21. The van der Waals surface area contributed by atoms with Gasteiger partial charge in [-0.05, 0) is 33.0 Å². The largest absolute Gasteiger partial charge is 0.477 e. The van der Waals surface area contributed by atoms with E-state index in [9.17, 15) is 8.42 Å². The Morgan fingerprint density at radius 1 is 1.44 bits per heavy atom. The van der Waals surface area contributed by atoms with E-state index >= 15 is 0 Å². The Hall–Kier alpha value is 0.110. The predicted molar refractivity (Wildman–Crippen MR) is 70.1 cm³/mol. The number of hydrogen-bond donors (Lipinski definition) is 2. The van der Waals surface area contributed by atoms with Crippen molar-refractivity contribution in [2.75, 3.05) is 12.5 Å². The van der Waals surface area contributed by atoms with Crippen LogP contribution >= 0.6 is 24.8 Å². The summed E-state index contributed by atoms with van der Waals surface area (Å²) in [7, 11) is -3.44. The zero-order valence-electron chi connectivity index (χ0n) is 9.47. The van der Waals surface area contributed by atoms with Gasteiger partial charge in [-0.25, -0.2) is 13.1 Å². The molecule has 0 aliphatic carbocycles. The fourth-order valence-corrected chi connectivity index (χ4v) is 2.14. The van der Waals surface area contributed by atoms with Crippen molar-refractivity contribution in [2.45, 2.75) is 32.9 Å². The molecule has 0 fully saturated rings. The van der Waals surface area contributed by atoms with Gasteiger partial charge in [-0.3, -0.25) is 0 Å². The fourth-order valence-electron chi connectivity index (χ4n) is 0.797. The first kappa shape index (κ1) is 16.1. The average Bonchev–Trinajstić information content (AvgIpc) is 2.11. The van der Waals surface area contributed by atoms with E-state index in [0.29, 0.717) is 0 Å². The zero-order chi connectivity index (χ0) is 12.8. The summed E-state index contributed by atoms with van der Waals surface area (Å²) >= 11 is 8.34. The highest BCUT2D eigenvalue weighted by molar-refractivity contribution is 8.10. The minimum absolute atomic E-state index is 0.0875. The second-order valence-electron chi connectivity index (χ2n) is 3.54. The Balaban J connectivity index is 4.00. The molecule has 0 spiro atoms. The third-order valence-corrected chi connectivity index (χ3v) is 2.85. The fraction of sp³-hybridized carbons (Fsp3) is 0.875. The van der Waals surface area contributed by atoms with Crippen LogP contribution in [0, 0.1) is 0 Å². The number of nitrogens with one attached hydrogen (secondary N) is 1. The van der Waals surface area contributed by atoms with Crippen LogP contribution < -0.4 is 4.72 Å². The maximum Gasteiger partial charge on any atom is 0.236 e. The summed E-state index contributed by atoms with van der Waals surface area (Å²) in [6, 6.07) is -0.383. The number of thiol groups is 1. The van der Waals surface area contributed by atoms with Crippen LogP contribution in [0.5, 0.6) is 0 Å². The molecule has 0 saturated carbocycles. The van der Waals surface area contributed by atoms with Gasteiger partial charge in [0, 0.05) is 0 Å². The highest BCUT2D eigenvalue weighted by Gasteiger charge is 2.15. The molecule has 8 heteroatoms. The van der Waals surface area contributed by atoms with Crippen LogP contribution in [0.15, 0.2) is 0 Å². The number of rotatable bonds is 7. The first-order valence-electron chi connectivity index (χ1n) is 4.70. The maximum absolute atomic E-state index is 11.4. The van der Waals surface area contributed by atoms with Crippen LogP contribution in [0.3, 0.4) is 0 Å². The molecule has 0 bridgehead atoms. The molecule has 1 unspecified atom stereocenters. The summed E-state index contributed by atoms with van der Waals surface area (Å²) in [5, 5.41) is 0. The Morgan fingerprint density at radius 3 is 2.44 bits per heavy atom. The molecule has 0 saturated heterocycles. The summed E-state index contributed by atoms with van der Waals surface area (Å²) in [5.74, 6) is -0.361. The van der Waals surface area contributed by atoms with Crippen LogP contribution in [-0.4, -0.2) is 37.5 Å². The van der Waals surface area contributed by atoms with E-state index in [2.05, 4.69) is 29.6 Å². The van der Waals surface area contributed by atoms with E-state index in [-0.39, 0.29) is 29.1 Å². The Bertz CT molecular complexity index is 315. The molecule has 0 aromatic rings. The van der Waals surface area contributed by atoms with Crippen molar-refractivity contribution in [2.24, 2.45) is 0 Å². The number of hydrogen-bond acceptors (Lipinski definition) is 5. The van der Waals surface area contributed by atoms with Crippen molar-refractivity contribution < 1.29 is 17.9 Å². The van der Waals surface area contributed by atoms with Gasteiger partial charge in [0.05, 0.1) is 12.1 Å². The van der Waals surface area contributed by atoms with Gasteiger partial charge in [-0.1, -0.05) is 12.6 Å². The molecule has 0 amide bonds. The highest BCUT2D eigenvalue weighted by Crippen LogP contribution is 1.97. The molecule has 0 aliphatic rings. The number of sulfonamides is 1. The lowest BCUT2D eigenvalue weighted by atomic mass is 10.4. The molecule has 0 heterocycles. The first-order chi connectivity index (χ1) is 7.23. The van der Waals surface area contributed by atoms with E-state index in [1.54, 1.807) is 20.8 Å². The molecule has 1 N–H and O–H groups in total. The summed E-state index contributed by atoms with van der Waals surface area (Å²) in [4.78, 5) is 0. The number of ether oxygens (including phenoxy) is 2. The second kappa shape index (κ2) is 7.44. The lowest BCUT2D eigenvalue weighted by Gasteiger charge is -2.15. The third-order valence-electron chi connectivity index (χ3n) is 1.39. The van der Waals surface area contributed by atoms with Crippen molar-refractivity contribution in [1.29, 1.82) is 0 Å². The molecule has 0 aliphatic heterocycles. The molecule has 16 heavy (non-hydrogen) atoms. The molecule has 5 nitrogen and oxygen atoms in total. The lowest BCUT2D eigenvalue weighted by molar-refractivity contribution is 0.114. The normalized spacial score (nSPS) is 13.8. The third kappa shape index (κ3) is 9.34. The van der Waals surface area contributed by atoms with Gasteiger partial charge >= 0.3 is 0 Å². The van der Waals surface area contributed by atoms with Crippen LogP contribution in [0.25, 0.3) is 0 Å². The molecule has 0 rings (SSSR count). The van der Waals surface area contributed by atoms with Crippen LogP contribution in [0.2, 0.25) is 0 Å². The lowest BCUT2D eigenvalue weighted by Crippen LogP contribution is -2.38. The smallest absolute Gasteiger partial charge is 0.236 e. The minimum Gasteiger partial charge on any atom is -0.477 e.